The van der Waals surface area contributed by atoms with Crippen LogP contribution in [0.25, 0.3) is 0 Å². The maximum atomic E-state index is 14.0. The minimum Gasteiger partial charge on any atom is -0.475 e. The summed E-state index contributed by atoms with van der Waals surface area (Å²) in [6.45, 7) is 5.60. The molecule has 0 bridgehead atoms. The summed E-state index contributed by atoms with van der Waals surface area (Å²) in [7, 11) is 3.16. The number of carbonyl (C=O) groups excluding carboxylic acids is 8. The highest BCUT2D eigenvalue weighted by Gasteiger charge is 2.40. The lowest BCUT2D eigenvalue weighted by Crippen LogP contribution is -2.49. The number of carboxylic acids is 1. The predicted octanol–water partition coefficient (Wildman–Crippen LogP) is 5.54. The molecule has 19 heteroatoms. The van der Waals surface area contributed by atoms with Gasteiger partial charge in [0.2, 0.25) is 23.5 Å². The number of nitrogens with zero attached hydrogens (tertiary/aromatic N) is 3. The number of aromatic nitrogens is 2. The molecule has 66 heavy (non-hydrogen) atoms. The van der Waals surface area contributed by atoms with Crippen LogP contribution in [0, 0.1) is 29.6 Å². The number of likely N-dealkylation sites (N-methyl/N-ethyl adjacent to an activating group) is 1. The molecule has 0 saturated heterocycles. The van der Waals surface area contributed by atoms with Gasteiger partial charge in [0.15, 0.2) is 11.6 Å². The smallest absolute Gasteiger partial charge is 0.475 e. The maximum absolute atomic E-state index is 14.0. The zero-order valence-corrected chi connectivity index (χ0v) is 38.2. The molecule has 2 aromatic rings. The van der Waals surface area contributed by atoms with Gasteiger partial charge >= 0.3 is 12.1 Å². The molecule has 2 saturated carbocycles. The van der Waals surface area contributed by atoms with E-state index in [0.29, 0.717) is 37.7 Å². The Hall–Kier alpha value is -5.88. The van der Waals surface area contributed by atoms with Crippen LogP contribution in [-0.4, -0.2) is 105 Å². The summed E-state index contributed by atoms with van der Waals surface area (Å²) in [5.41, 5.74) is 0.694. The minimum absolute atomic E-state index is 0.0573. The van der Waals surface area contributed by atoms with Crippen molar-refractivity contribution < 1.29 is 61.4 Å². The van der Waals surface area contributed by atoms with E-state index in [9.17, 15) is 51.5 Å². The highest BCUT2D eigenvalue weighted by atomic mass is 19.4. The molecule has 1 heterocycles. The number of hydrogen-bond donors (Lipinski definition) is 4. The number of alkyl halides is 3. The van der Waals surface area contributed by atoms with Crippen LogP contribution >= 0.6 is 0 Å². The molecular weight excluding hydrogens is 866 g/mol. The molecular formula is C47H63F3N6O10. The molecule has 16 nitrogen and oxygen atoms in total. The fraction of sp³-hybridized carbons (Fsp3) is 0.596. The van der Waals surface area contributed by atoms with Crippen LogP contribution in [0.1, 0.15) is 133 Å². The van der Waals surface area contributed by atoms with Crippen molar-refractivity contribution in [1.29, 1.82) is 0 Å². The Morgan fingerprint density at radius 1 is 0.848 bits per heavy atom. The minimum atomic E-state index is -5.08. The Morgan fingerprint density at radius 2 is 1.50 bits per heavy atom. The van der Waals surface area contributed by atoms with Crippen molar-refractivity contribution in [3.8, 4) is 0 Å². The number of nitrogens with one attached hydrogen (secondary N) is 3. The van der Waals surface area contributed by atoms with Gasteiger partial charge in [-0.1, -0.05) is 83.2 Å². The van der Waals surface area contributed by atoms with Crippen molar-refractivity contribution in [3.63, 3.8) is 0 Å². The average Bonchev–Trinajstić information content (AvgIpc) is 3.76. The van der Waals surface area contributed by atoms with Crippen LogP contribution in [0.5, 0.6) is 0 Å². The summed E-state index contributed by atoms with van der Waals surface area (Å²) in [5.74, 6) is -8.74. The standard InChI is InChI=1S/C45H62N6O8.C2HF3O2/c1-6-14-31(42(56)36(52)21-22-39(55)49-41(45(59)51(4)5)30-17-11-8-12-18-30)25-37(53)32-19-13-20-34(32)48-43(57)33(28(2)3)26-38(54)40(29-15-9-7-10-16-29)50-44(58)35-27-46-23-24-47-35;3-2(4,5)1(6)7/h8,11-12,17-18,23-24,27-29,31-34,40-41H,6-7,9-10,13-16,19-22,25-26H2,1-5H3,(H,48,57)(H,49,55)(H,50,58);(H,6,7)/t31-,32-,33?,34+,40+,41+;/m1./s1. The third kappa shape index (κ3) is 16.8. The third-order valence-corrected chi connectivity index (χ3v) is 12.0. The Balaban J connectivity index is 0.00000152. The molecule has 0 aliphatic heterocycles. The lowest BCUT2D eigenvalue weighted by molar-refractivity contribution is -0.192. The van der Waals surface area contributed by atoms with E-state index in [1.54, 1.807) is 44.4 Å². The van der Waals surface area contributed by atoms with Gasteiger partial charge in [-0.2, -0.15) is 13.2 Å². The van der Waals surface area contributed by atoms with Crippen molar-refractivity contribution in [2.75, 3.05) is 14.1 Å². The topological polar surface area (TPSA) is 239 Å². The first-order valence-electron chi connectivity index (χ1n) is 22.5. The molecule has 4 N–H and O–H groups in total. The maximum Gasteiger partial charge on any atom is 0.490 e. The van der Waals surface area contributed by atoms with Crippen molar-refractivity contribution in [1.82, 2.24) is 30.8 Å². The van der Waals surface area contributed by atoms with E-state index in [1.807, 2.05) is 20.8 Å². The second kappa shape index (κ2) is 26.3. The number of hydrogen-bond acceptors (Lipinski definition) is 11. The van der Waals surface area contributed by atoms with Gasteiger partial charge in [0.1, 0.15) is 17.5 Å². The molecule has 362 valence electrons. The Morgan fingerprint density at radius 3 is 2.06 bits per heavy atom. The summed E-state index contributed by atoms with van der Waals surface area (Å²) in [6.07, 6.45) is 5.42. The monoisotopic (exact) mass is 928 g/mol. The van der Waals surface area contributed by atoms with Gasteiger partial charge in [0.05, 0.1) is 12.2 Å². The van der Waals surface area contributed by atoms with Crippen LogP contribution in [0.4, 0.5) is 13.2 Å². The van der Waals surface area contributed by atoms with E-state index < -0.39 is 71.4 Å². The first-order valence-corrected chi connectivity index (χ1v) is 22.5. The van der Waals surface area contributed by atoms with Crippen molar-refractivity contribution >= 4 is 52.7 Å². The van der Waals surface area contributed by atoms with Gasteiger partial charge < -0.3 is 26.0 Å². The van der Waals surface area contributed by atoms with Crippen LogP contribution < -0.4 is 16.0 Å². The first-order chi connectivity index (χ1) is 31.2. The van der Waals surface area contributed by atoms with E-state index in [4.69, 9.17) is 9.90 Å². The van der Waals surface area contributed by atoms with Crippen molar-refractivity contribution in [3.05, 3.63) is 60.2 Å². The molecule has 1 unspecified atom stereocenters. The highest BCUT2D eigenvalue weighted by Crippen LogP contribution is 2.32. The molecule has 1 aromatic heterocycles. The Bertz CT molecular complexity index is 1990. The van der Waals surface area contributed by atoms with Gasteiger partial charge in [-0.15, -0.1) is 0 Å². The van der Waals surface area contributed by atoms with Gasteiger partial charge in [0, 0.05) is 76.0 Å². The molecule has 1 aromatic carbocycles. The fourth-order valence-electron chi connectivity index (χ4n) is 8.41. The van der Waals surface area contributed by atoms with Gasteiger partial charge in [-0.25, -0.2) is 9.78 Å². The molecule has 2 fully saturated rings. The zero-order chi connectivity index (χ0) is 49.1. The van der Waals surface area contributed by atoms with Crippen LogP contribution in [0.15, 0.2) is 48.9 Å². The number of carboxylic acid groups (broad SMARTS) is 1. The quantitative estimate of drug-likeness (QED) is 0.106. The predicted molar refractivity (Wildman–Crippen MR) is 234 cm³/mol. The SMILES string of the molecule is CCC[C@H](CC(=O)[C@@H]1CCC[C@@H]1NC(=O)C(CC(=O)[C@@H](NC(=O)c1cnccn1)C1CCCCC1)C(C)C)C(=O)C(=O)CCC(=O)N[C@H](C(=O)N(C)C)c1ccccc1.O=C(O)C(F)(F)F. The van der Waals surface area contributed by atoms with Gasteiger partial charge in [0.25, 0.3) is 5.91 Å². The van der Waals surface area contributed by atoms with Gasteiger partial charge in [-0.05, 0) is 49.5 Å². The number of ketones is 4. The fourth-order valence-corrected chi connectivity index (χ4v) is 8.41. The van der Waals surface area contributed by atoms with E-state index in [0.717, 1.165) is 32.1 Å². The normalized spacial score (nSPS) is 18.0. The number of carbonyl (C=O) groups is 9. The Labute approximate surface area is 383 Å². The van der Waals surface area contributed by atoms with Crippen LogP contribution in [0.3, 0.4) is 0 Å². The van der Waals surface area contributed by atoms with E-state index in [2.05, 4.69) is 25.9 Å². The van der Waals surface area contributed by atoms with Crippen molar-refractivity contribution in [2.24, 2.45) is 29.6 Å². The van der Waals surface area contributed by atoms with Gasteiger partial charge in [-0.3, -0.25) is 43.3 Å². The lowest BCUT2D eigenvalue weighted by Gasteiger charge is -2.32. The molecule has 4 amide bonds. The lowest BCUT2D eigenvalue weighted by atomic mass is 9.79. The summed E-state index contributed by atoms with van der Waals surface area (Å²) >= 11 is 0. The largest absolute Gasteiger partial charge is 0.490 e. The highest BCUT2D eigenvalue weighted by molar-refractivity contribution is 6.38. The third-order valence-electron chi connectivity index (χ3n) is 12.0. The van der Waals surface area contributed by atoms with Crippen molar-refractivity contribution in [2.45, 2.75) is 135 Å². The van der Waals surface area contributed by atoms with Crippen LogP contribution in [-0.2, 0) is 38.4 Å². The number of rotatable bonds is 22. The number of amides is 4. The van der Waals surface area contributed by atoms with E-state index in [1.165, 1.54) is 23.5 Å². The summed E-state index contributed by atoms with van der Waals surface area (Å²) in [5, 5.41) is 15.8. The molecule has 6 atom stereocenters. The molecule has 2 aliphatic carbocycles. The summed E-state index contributed by atoms with van der Waals surface area (Å²) < 4.78 is 31.7. The zero-order valence-electron chi connectivity index (χ0n) is 38.2. The summed E-state index contributed by atoms with van der Waals surface area (Å²) in [4.78, 5) is 126. The second-order valence-corrected chi connectivity index (χ2v) is 17.5. The summed E-state index contributed by atoms with van der Waals surface area (Å²) in [6, 6.07) is 6.52. The molecule has 4 rings (SSSR count). The molecule has 0 radical (unpaired) electrons. The molecule has 0 spiro atoms. The number of Topliss-reactive ketones (excluding diaryl/α,β-unsaturated/α-hetero) is 4. The number of halogens is 3. The van der Waals surface area contributed by atoms with E-state index >= 15 is 0 Å². The number of benzene rings is 1. The van der Waals surface area contributed by atoms with Crippen LogP contribution in [0.2, 0.25) is 0 Å². The Kier molecular flexibility index (Phi) is 21.7. The number of aliphatic carboxylic acids is 1. The second-order valence-electron chi connectivity index (χ2n) is 17.5. The van der Waals surface area contributed by atoms with E-state index in [-0.39, 0.29) is 66.6 Å². The first kappa shape index (κ1) is 54.5. The average molecular weight is 929 g/mol. The molecule has 2 aliphatic rings.